The van der Waals surface area contributed by atoms with Gasteiger partial charge in [0.25, 0.3) is 0 Å². The quantitative estimate of drug-likeness (QED) is 0.177. The topological polar surface area (TPSA) is 78.6 Å². The van der Waals surface area contributed by atoms with Crippen LogP contribution in [0, 0.1) is 6.07 Å². The van der Waals surface area contributed by atoms with E-state index in [4.69, 9.17) is 14.2 Å². The number of rotatable bonds is 6. The second kappa shape index (κ2) is 11.2. The number of phenols is 1. The van der Waals surface area contributed by atoms with Gasteiger partial charge in [-0.05, 0) is 34.7 Å². The Morgan fingerprint density at radius 3 is 2.36 bits per heavy atom. The van der Waals surface area contributed by atoms with Crippen molar-refractivity contribution in [1.82, 2.24) is 14.5 Å². The fourth-order valence-corrected chi connectivity index (χ4v) is 5.21. The molecule has 7 rings (SSSR count). The molecule has 3 heterocycles. The van der Waals surface area contributed by atoms with E-state index in [9.17, 15) is 5.11 Å². The number of phenolic OH excluding ortho intramolecular Hbond substituents is 1. The maximum Gasteiger partial charge on any atom is 0.217 e. The SMILES string of the molecule is COc1ccnc(-n2c3[c-]c(Oc4cc(-c5ccccc5)c5cccc(O)c5n4)ccc3c3ccc(OC)cc32)c1.[Pt]. The first-order valence-electron chi connectivity index (χ1n) is 13.0. The van der Waals surface area contributed by atoms with Gasteiger partial charge >= 0.3 is 0 Å². The molecule has 1 N–H and O–H groups in total. The molecule has 0 saturated carbocycles. The van der Waals surface area contributed by atoms with Crippen LogP contribution in [0.1, 0.15) is 0 Å². The first-order chi connectivity index (χ1) is 20.1. The molecule has 0 saturated heterocycles. The van der Waals surface area contributed by atoms with Gasteiger partial charge in [-0.25, -0.2) is 9.97 Å². The smallest absolute Gasteiger partial charge is 0.217 e. The molecule has 4 aromatic carbocycles. The normalized spacial score (nSPS) is 11.0. The number of methoxy groups -OCH3 is 2. The zero-order valence-corrected chi connectivity index (χ0v) is 24.9. The van der Waals surface area contributed by atoms with Gasteiger partial charge in [0.15, 0.2) is 0 Å². The van der Waals surface area contributed by atoms with E-state index in [1.165, 1.54) is 0 Å². The number of hydrogen-bond donors (Lipinski definition) is 1. The van der Waals surface area contributed by atoms with Gasteiger partial charge < -0.3 is 23.9 Å². The summed E-state index contributed by atoms with van der Waals surface area (Å²) in [7, 11) is 3.28. The van der Waals surface area contributed by atoms with E-state index in [0.29, 0.717) is 28.7 Å². The number of aromatic hydroxyl groups is 1. The number of ether oxygens (including phenoxy) is 3. The minimum absolute atomic E-state index is 0. The van der Waals surface area contributed by atoms with E-state index < -0.39 is 0 Å². The molecule has 7 nitrogen and oxygen atoms in total. The van der Waals surface area contributed by atoms with Crippen LogP contribution >= 0.6 is 0 Å². The number of aromatic nitrogens is 3. The summed E-state index contributed by atoms with van der Waals surface area (Å²) in [6.45, 7) is 0. The predicted octanol–water partition coefficient (Wildman–Crippen LogP) is 7.71. The minimum atomic E-state index is 0. The van der Waals surface area contributed by atoms with Crippen LogP contribution < -0.4 is 14.2 Å². The summed E-state index contributed by atoms with van der Waals surface area (Å²) < 4.78 is 19.3. The van der Waals surface area contributed by atoms with Crippen molar-refractivity contribution in [2.24, 2.45) is 0 Å². The number of para-hydroxylation sites is 1. The molecule has 3 aromatic heterocycles. The van der Waals surface area contributed by atoms with Crippen molar-refractivity contribution < 1.29 is 40.4 Å². The molecule has 0 aliphatic carbocycles. The molecular weight excluding hydrogens is 709 g/mol. The first kappa shape index (κ1) is 27.3. The van der Waals surface area contributed by atoms with Crippen LogP contribution in [-0.4, -0.2) is 33.9 Å². The van der Waals surface area contributed by atoms with Gasteiger partial charge in [0.2, 0.25) is 5.88 Å². The Bertz CT molecular complexity index is 2080. The molecule has 0 fully saturated rings. The van der Waals surface area contributed by atoms with Crippen molar-refractivity contribution in [3.8, 4) is 45.8 Å². The van der Waals surface area contributed by atoms with Crippen LogP contribution in [0.25, 0.3) is 49.7 Å². The van der Waals surface area contributed by atoms with Crippen molar-refractivity contribution in [2.75, 3.05) is 14.2 Å². The van der Waals surface area contributed by atoms with Gasteiger partial charge in [-0.1, -0.05) is 54.0 Å². The summed E-state index contributed by atoms with van der Waals surface area (Å²) in [6.07, 6.45) is 1.71. The van der Waals surface area contributed by atoms with Crippen LogP contribution in [0.15, 0.2) is 103 Å². The standard InChI is InChI=1S/C34H24N3O4.Pt/c1-39-22-11-13-25-26-14-12-24(18-30(26)37(29(25)17-22)32-19-23(40-2)15-16-35-32)41-33-20-28(21-7-4-3-5-8-21)27-9-6-10-31(38)34(27)36-33;/h3-17,19-20,38H,1-2H3;/q-1;. The molecule has 0 spiro atoms. The largest absolute Gasteiger partial charge is 0.506 e. The predicted molar refractivity (Wildman–Crippen MR) is 159 cm³/mol. The summed E-state index contributed by atoms with van der Waals surface area (Å²) >= 11 is 0. The third-order valence-electron chi connectivity index (χ3n) is 7.13. The Balaban J connectivity index is 0.00000316. The third kappa shape index (κ3) is 4.72. The molecule has 210 valence electrons. The molecule has 8 heteroatoms. The van der Waals surface area contributed by atoms with Gasteiger partial charge in [0.1, 0.15) is 28.6 Å². The molecule has 0 unspecified atom stereocenters. The first-order valence-corrected chi connectivity index (χ1v) is 13.0. The van der Waals surface area contributed by atoms with Crippen molar-refractivity contribution >= 4 is 32.7 Å². The maximum atomic E-state index is 10.6. The van der Waals surface area contributed by atoms with Gasteiger partial charge in [-0.3, -0.25) is 0 Å². The number of nitrogens with zero attached hydrogens (tertiary/aromatic N) is 3. The van der Waals surface area contributed by atoms with E-state index in [0.717, 1.165) is 44.1 Å². The van der Waals surface area contributed by atoms with Crippen molar-refractivity contribution in [2.45, 2.75) is 0 Å². The van der Waals surface area contributed by atoms with Crippen LogP contribution in [0.3, 0.4) is 0 Å². The van der Waals surface area contributed by atoms with Crippen molar-refractivity contribution in [3.05, 3.63) is 109 Å². The number of benzene rings is 4. The minimum Gasteiger partial charge on any atom is -0.506 e. The van der Waals surface area contributed by atoms with E-state index in [-0.39, 0.29) is 26.8 Å². The molecular formula is C34H24N3O4Pt-. The molecule has 0 radical (unpaired) electrons. The molecule has 0 aliphatic heterocycles. The molecule has 0 amide bonds. The Labute approximate surface area is 256 Å². The Morgan fingerprint density at radius 1 is 0.762 bits per heavy atom. The average molecular weight is 734 g/mol. The summed E-state index contributed by atoms with van der Waals surface area (Å²) in [5.41, 5.74) is 4.05. The summed E-state index contributed by atoms with van der Waals surface area (Å²) in [4.78, 5) is 9.29. The molecule has 0 atom stereocenters. The fraction of sp³-hybridized carbons (Fsp3) is 0.0588. The van der Waals surface area contributed by atoms with Gasteiger partial charge in [-0.15, -0.1) is 17.5 Å². The summed E-state index contributed by atoms with van der Waals surface area (Å²) in [6, 6.07) is 34.2. The fourth-order valence-electron chi connectivity index (χ4n) is 5.21. The van der Waals surface area contributed by atoms with Crippen LogP contribution in [0.5, 0.6) is 28.9 Å². The van der Waals surface area contributed by atoms with Gasteiger partial charge in [-0.2, -0.15) is 6.07 Å². The Hall–Kier alpha value is -4.87. The third-order valence-corrected chi connectivity index (χ3v) is 7.13. The van der Waals surface area contributed by atoms with E-state index in [1.54, 1.807) is 32.5 Å². The zero-order chi connectivity index (χ0) is 27.9. The summed E-state index contributed by atoms with van der Waals surface area (Å²) in [5.74, 6) is 2.99. The average Bonchev–Trinajstić information content (AvgIpc) is 3.34. The molecule has 0 bridgehead atoms. The Kier molecular flexibility index (Phi) is 7.27. The monoisotopic (exact) mass is 733 g/mol. The van der Waals surface area contributed by atoms with Crippen LogP contribution in [0.4, 0.5) is 0 Å². The van der Waals surface area contributed by atoms with E-state index >= 15 is 0 Å². The molecule has 0 aliphatic rings. The van der Waals surface area contributed by atoms with E-state index in [2.05, 4.69) is 16.0 Å². The second-order valence-electron chi connectivity index (χ2n) is 9.51. The summed E-state index contributed by atoms with van der Waals surface area (Å²) in [5, 5.41) is 13.5. The van der Waals surface area contributed by atoms with Gasteiger partial charge in [0.05, 0.1) is 14.2 Å². The number of hydrogen-bond acceptors (Lipinski definition) is 6. The van der Waals surface area contributed by atoms with Crippen molar-refractivity contribution in [3.63, 3.8) is 0 Å². The number of pyridine rings is 2. The Morgan fingerprint density at radius 2 is 1.55 bits per heavy atom. The van der Waals surface area contributed by atoms with E-state index in [1.807, 2.05) is 89.5 Å². The molecule has 42 heavy (non-hydrogen) atoms. The van der Waals surface area contributed by atoms with Crippen molar-refractivity contribution in [1.29, 1.82) is 0 Å². The number of fused-ring (bicyclic) bond motifs is 4. The van der Waals surface area contributed by atoms with Gasteiger partial charge in [0, 0.05) is 62.1 Å². The maximum absolute atomic E-state index is 10.6. The second-order valence-corrected chi connectivity index (χ2v) is 9.51. The van der Waals surface area contributed by atoms with Crippen LogP contribution in [-0.2, 0) is 21.1 Å². The zero-order valence-electron chi connectivity index (χ0n) is 22.6. The molecule has 7 aromatic rings. The van der Waals surface area contributed by atoms with Crippen LogP contribution in [0.2, 0.25) is 0 Å².